The summed E-state index contributed by atoms with van der Waals surface area (Å²) in [6.45, 7) is 11.0. The highest BCUT2D eigenvalue weighted by Gasteiger charge is 2.20. The van der Waals surface area contributed by atoms with Crippen LogP contribution in [-0.4, -0.2) is 18.6 Å². The van der Waals surface area contributed by atoms with Gasteiger partial charge in [-0.1, -0.05) is 17.7 Å². The van der Waals surface area contributed by atoms with Gasteiger partial charge >= 0.3 is 0 Å². The van der Waals surface area contributed by atoms with E-state index in [0.29, 0.717) is 12.1 Å². The van der Waals surface area contributed by atoms with E-state index in [1.807, 2.05) is 0 Å². The molecule has 0 radical (unpaired) electrons. The van der Waals surface area contributed by atoms with E-state index in [1.165, 1.54) is 16.8 Å². The lowest BCUT2D eigenvalue weighted by molar-refractivity contribution is 0.536. The van der Waals surface area contributed by atoms with Crippen LogP contribution in [0.4, 0.5) is 5.69 Å². The standard InChI is InChI=1S/C14H22N2/c1-10(2)16-9-12(4)15-8-13-7-11(3)5-6-14(13)16/h5-7,10,12,15H,8-9H2,1-4H3. The second-order valence-corrected chi connectivity index (χ2v) is 5.16. The maximum absolute atomic E-state index is 3.57. The fourth-order valence-corrected chi connectivity index (χ4v) is 2.37. The van der Waals surface area contributed by atoms with Crippen molar-refractivity contribution in [3.05, 3.63) is 29.3 Å². The number of hydrogen-bond donors (Lipinski definition) is 1. The predicted molar refractivity (Wildman–Crippen MR) is 70.0 cm³/mol. The quantitative estimate of drug-likeness (QED) is 0.779. The Morgan fingerprint density at radius 2 is 2.12 bits per heavy atom. The summed E-state index contributed by atoms with van der Waals surface area (Å²) in [5.41, 5.74) is 4.18. The number of nitrogens with zero attached hydrogens (tertiary/aromatic N) is 1. The van der Waals surface area contributed by atoms with Gasteiger partial charge in [0, 0.05) is 30.9 Å². The molecular formula is C14H22N2. The monoisotopic (exact) mass is 218 g/mol. The average molecular weight is 218 g/mol. The van der Waals surface area contributed by atoms with Crippen molar-refractivity contribution in [2.24, 2.45) is 0 Å². The van der Waals surface area contributed by atoms with Crippen LogP contribution in [0.2, 0.25) is 0 Å². The van der Waals surface area contributed by atoms with Crippen LogP contribution < -0.4 is 10.2 Å². The van der Waals surface area contributed by atoms with Gasteiger partial charge in [0.2, 0.25) is 0 Å². The van der Waals surface area contributed by atoms with Crippen LogP contribution in [0, 0.1) is 6.92 Å². The normalized spacial score (nSPS) is 20.8. The number of aryl methyl sites for hydroxylation is 1. The third-order valence-electron chi connectivity index (χ3n) is 3.28. The lowest BCUT2D eigenvalue weighted by atomic mass is 10.1. The third kappa shape index (κ3) is 2.22. The van der Waals surface area contributed by atoms with Crippen LogP contribution in [-0.2, 0) is 6.54 Å². The smallest absolute Gasteiger partial charge is 0.0414 e. The van der Waals surface area contributed by atoms with Crippen molar-refractivity contribution in [1.82, 2.24) is 5.32 Å². The number of benzene rings is 1. The van der Waals surface area contributed by atoms with Crippen molar-refractivity contribution in [3.8, 4) is 0 Å². The maximum Gasteiger partial charge on any atom is 0.0414 e. The zero-order valence-corrected chi connectivity index (χ0v) is 10.7. The van der Waals surface area contributed by atoms with Gasteiger partial charge in [0.15, 0.2) is 0 Å². The van der Waals surface area contributed by atoms with E-state index in [2.05, 4.69) is 56.1 Å². The van der Waals surface area contributed by atoms with Crippen molar-refractivity contribution in [3.63, 3.8) is 0 Å². The predicted octanol–water partition coefficient (Wildman–Crippen LogP) is 2.70. The lowest BCUT2D eigenvalue weighted by Crippen LogP contribution is -2.39. The van der Waals surface area contributed by atoms with Crippen LogP contribution in [0.25, 0.3) is 0 Å². The van der Waals surface area contributed by atoms with E-state index in [9.17, 15) is 0 Å². The van der Waals surface area contributed by atoms with Crippen LogP contribution in [0.5, 0.6) is 0 Å². The Kier molecular flexibility index (Phi) is 3.20. The summed E-state index contributed by atoms with van der Waals surface area (Å²) in [7, 11) is 0. The molecule has 2 rings (SSSR count). The Morgan fingerprint density at radius 3 is 2.81 bits per heavy atom. The molecule has 16 heavy (non-hydrogen) atoms. The summed E-state index contributed by atoms with van der Waals surface area (Å²) >= 11 is 0. The van der Waals surface area contributed by atoms with Crippen LogP contribution in [0.3, 0.4) is 0 Å². The summed E-state index contributed by atoms with van der Waals surface area (Å²) in [5, 5.41) is 3.57. The molecule has 1 aliphatic rings. The molecule has 1 aromatic rings. The van der Waals surface area contributed by atoms with E-state index >= 15 is 0 Å². The number of anilines is 1. The van der Waals surface area contributed by atoms with E-state index in [1.54, 1.807) is 0 Å². The van der Waals surface area contributed by atoms with Gasteiger partial charge in [-0.05, 0) is 39.3 Å². The molecule has 1 aromatic carbocycles. The summed E-state index contributed by atoms with van der Waals surface area (Å²) < 4.78 is 0. The second-order valence-electron chi connectivity index (χ2n) is 5.16. The van der Waals surface area contributed by atoms with Gasteiger partial charge in [0.25, 0.3) is 0 Å². The molecular weight excluding hydrogens is 196 g/mol. The average Bonchev–Trinajstić information content (AvgIpc) is 2.38. The number of nitrogens with one attached hydrogen (secondary N) is 1. The maximum atomic E-state index is 3.57. The highest BCUT2D eigenvalue weighted by Crippen LogP contribution is 2.26. The zero-order chi connectivity index (χ0) is 11.7. The SMILES string of the molecule is Cc1ccc2c(c1)CNC(C)CN2C(C)C. The molecule has 0 saturated heterocycles. The fraction of sp³-hybridized carbons (Fsp3) is 0.571. The topological polar surface area (TPSA) is 15.3 Å². The van der Waals surface area contributed by atoms with E-state index in [-0.39, 0.29) is 0 Å². The molecule has 0 aromatic heterocycles. The Balaban J connectivity index is 2.41. The van der Waals surface area contributed by atoms with Crippen LogP contribution in [0.1, 0.15) is 31.9 Å². The first kappa shape index (κ1) is 11.5. The minimum atomic E-state index is 0.551. The Labute approximate surface area is 98.7 Å². The van der Waals surface area contributed by atoms with E-state index in [0.717, 1.165) is 13.1 Å². The molecule has 0 aliphatic carbocycles. The minimum absolute atomic E-state index is 0.551. The van der Waals surface area contributed by atoms with Crippen molar-refractivity contribution < 1.29 is 0 Å². The number of rotatable bonds is 1. The van der Waals surface area contributed by atoms with Gasteiger partial charge in [-0.15, -0.1) is 0 Å². The summed E-state index contributed by atoms with van der Waals surface area (Å²) in [4.78, 5) is 2.50. The zero-order valence-electron chi connectivity index (χ0n) is 10.7. The molecule has 2 nitrogen and oxygen atoms in total. The second kappa shape index (κ2) is 4.46. The van der Waals surface area contributed by atoms with Crippen molar-refractivity contribution in [2.45, 2.75) is 46.3 Å². The minimum Gasteiger partial charge on any atom is -0.367 e. The van der Waals surface area contributed by atoms with Gasteiger partial charge in [-0.3, -0.25) is 0 Å². The van der Waals surface area contributed by atoms with E-state index in [4.69, 9.17) is 0 Å². The molecule has 0 spiro atoms. The number of hydrogen-bond acceptors (Lipinski definition) is 2. The number of fused-ring (bicyclic) bond motifs is 1. The van der Waals surface area contributed by atoms with Gasteiger partial charge in [0.05, 0.1) is 0 Å². The van der Waals surface area contributed by atoms with Gasteiger partial charge in [-0.25, -0.2) is 0 Å². The van der Waals surface area contributed by atoms with Gasteiger partial charge < -0.3 is 10.2 Å². The van der Waals surface area contributed by atoms with Gasteiger partial charge in [0.1, 0.15) is 0 Å². The van der Waals surface area contributed by atoms with E-state index < -0.39 is 0 Å². The highest BCUT2D eigenvalue weighted by molar-refractivity contribution is 5.56. The first-order valence-electron chi connectivity index (χ1n) is 6.17. The van der Waals surface area contributed by atoms with Crippen LogP contribution >= 0.6 is 0 Å². The molecule has 2 heteroatoms. The molecule has 0 amide bonds. The Bertz CT molecular complexity index is 371. The summed E-state index contributed by atoms with van der Waals surface area (Å²) in [6.07, 6.45) is 0. The molecule has 1 heterocycles. The molecule has 0 saturated carbocycles. The van der Waals surface area contributed by atoms with Gasteiger partial charge in [-0.2, -0.15) is 0 Å². The first-order valence-corrected chi connectivity index (χ1v) is 6.17. The van der Waals surface area contributed by atoms with Crippen molar-refractivity contribution in [1.29, 1.82) is 0 Å². The molecule has 0 bridgehead atoms. The molecule has 1 aliphatic heterocycles. The first-order chi connectivity index (χ1) is 7.58. The molecule has 1 atom stereocenters. The van der Waals surface area contributed by atoms with Crippen LogP contribution in [0.15, 0.2) is 18.2 Å². The van der Waals surface area contributed by atoms with Crippen molar-refractivity contribution >= 4 is 5.69 Å². The highest BCUT2D eigenvalue weighted by atomic mass is 15.2. The third-order valence-corrected chi connectivity index (χ3v) is 3.28. The molecule has 1 unspecified atom stereocenters. The van der Waals surface area contributed by atoms with Crippen molar-refractivity contribution in [2.75, 3.05) is 11.4 Å². The molecule has 88 valence electrons. The molecule has 0 fully saturated rings. The lowest BCUT2D eigenvalue weighted by Gasteiger charge is -2.30. The summed E-state index contributed by atoms with van der Waals surface area (Å²) in [5.74, 6) is 0. The Hall–Kier alpha value is -1.02. The fourth-order valence-electron chi connectivity index (χ4n) is 2.37. The Morgan fingerprint density at radius 1 is 1.38 bits per heavy atom. The largest absolute Gasteiger partial charge is 0.367 e. The summed E-state index contributed by atoms with van der Waals surface area (Å²) in [6, 6.07) is 7.89. The molecule has 1 N–H and O–H groups in total.